The molecule has 0 N–H and O–H groups in total. The third-order valence-corrected chi connectivity index (χ3v) is 12.4. The summed E-state index contributed by atoms with van der Waals surface area (Å²) in [6, 6.07) is 22.5. The van der Waals surface area contributed by atoms with Gasteiger partial charge in [0.05, 0.1) is 8.07 Å². The average molecular weight is 602 g/mol. The summed E-state index contributed by atoms with van der Waals surface area (Å²) in [5.41, 5.74) is 9.65. The number of allylic oxidation sites excluding steroid dienone is 1. The Kier molecular flexibility index (Phi) is 9.93. The van der Waals surface area contributed by atoms with Gasteiger partial charge in [-0.2, -0.15) is 6.07 Å². The first-order valence-electron chi connectivity index (χ1n) is 11.5. The number of fused-ring (bicyclic) bond motifs is 1. The van der Waals surface area contributed by atoms with Crippen molar-refractivity contribution < 1.29 is 51.0 Å². The summed E-state index contributed by atoms with van der Waals surface area (Å²) in [6.45, 7) is 11.7. The molecule has 0 saturated carbocycles. The van der Waals surface area contributed by atoms with Crippen molar-refractivity contribution in [3.05, 3.63) is 93.2 Å². The molecule has 7 rings (SSSR count). The zero-order valence-electron chi connectivity index (χ0n) is 20.5. The van der Waals surface area contributed by atoms with Gasteiger partial charge in [-0.15, -0.1) is 45.9 Å². The summed E-state index contributed by atoms with van der Waals surface area (Å²) in [5.74, 6) is 0. The van der Waals surface area contributed by atoms with Crippen molar-refractivity contribution in [2.24, 2.45) is 0 Å². The fourth-order valence-corrected chi connectivity index (χ4v) is 12.1. The number of thiophene rings is 1. The van der Waals surface area contributed by atoms with Crippen LogP contribution in [0.1, 0.15) is 47.4 Å². The first-order valence-corrected chi connectivity index (χ1v) is 15.4. The van der Waals surface area contributed by atoms with Crippen LogP contribution < -0.4 is 24.8 Å². The molecule has 0 amide bonds. The van der Waals surface area contributed by atoms with Gasteiger partial charge in [0.1, 0.15) is 0 Å². The predicted molar refractivity (Wildman–Crippen MR) is 141 cm³/mol. The van der Waals surface area contributed by atoms with Crippen LogP contribution in [0.3, 0.4) is 0 Å². The van der Waals surface area contributed by atoms with E-state index in [0.29, 0.717) is 0 Å². The summed E-state index contributed by atoms with van der Waals surface area (Å²) in [6.07, 6.45) is 2.37. The number of halogens is 2. The van der Waals surface area contributed by atoms with E-state index >= 15 is 0 Å². The largest absolute Gasteiger partial charge is 3.00 e. The maximum atomic E-state index is 2.51. The summed E-state index contributed by atoms with van der Waals surface area (Å²) >= 11 is 1.94. The van der Waals surface area contributed by atoms with Gasteiger partial charge in [0, 0.05) is 10.4 Å². The minimum absolute atomic E-state index is 0. The first-order chi connectivity index (χ1) is 14.9. The molecule has 0 spiro atoms. The Morgan fingerprint density at radius 2 is 1.68 bits per heavy atom. The van der Waals surface area contributed by atoms with Gasteiger partial charge in [0.15, 0.2) is 0 Å². The van der Waals surface area contributed by atoms with E-state index in [1.165, 1.54) is 45.9 Å². The average Bonchev–Trinajstić information content (AvgIpc) is 3.45. The molecule has 0 fully saturated rings. The second kappa shape index (κ2) is 11.5. The number of rotatable bonds is 3. The second-order valence-corrected chi connectivity index (χ2v) is 15.1. The van der Waals surface area contributed by atoms with E-state index in [2.05, 4.69) is 99.9 Å². The zero-order valence-corrected chi connectivity index (χ0v) is 26.3. The standard InChI is InChI=1S/C19H19.C10H12SSi.2ClH.Zr/c1-3-5-15-8-10-16(11-9-15)18-7-4-6-17-12-14(2)13-19(17)18;1-6-9-7-4-5-11-8(7)10(6)12(9,2)3;;;/h4,6-13H,3,5H2,1-2H3;4-5,9H,1-3H3;2*1H;/q-1;;;;+3/p-2. The van der Waals surface area contributed by atoms with Crippen LogP contribution in [0.25, 0.3) is 27.1 Å². The number of hydrogen-bond donors (Lipinski definition) is 0. The summed E-state index contributed by atoms with van der Waals surface area (Å²) < 4.78 is 0. The van der Waals surface area contributed by atoms with Crippen LogP contribution in [-0.4, -0.2) is 8.07 Å². The third-order valence-electron chi connectivity index (χ3n) is 7.13. The molecule has 34 heavy (non-hydrogen) atoms. The van der Waals surface area contributed by atoms with Crippen LogP contribution in [-0.2, 0) is 32.6 Å². The van der Waals surface area contributed by atoms with Crippen LogP contribution in [0, 0.1) is 6.92 Å². The molecule has 5 heteroatoms. The van der Waals surface area contributed by atoms with Crippen molar-refractivity contribution >= 4 is 35.4 Å². The van der Waals surface area contributed by atoms with Gasteiger partial charge in [-0.05, 0) is 46.7 Å². The van der Waals surface area contributed by atoms with Crippen molar-refractivity contribution in [3.8, 4) is 11.1 Å². The van der Waals surface area contributed by atoms with Crippen molar-refractivity contribution in [1.82, 2.24) is 0 Å². The van der Waals surface area contributed by atoms with Gasteiger partial charge < -0.3 is 24.8 Å². The van der Waals surface area contributed by atoms with E-state index in [-0.39, 0.29) is 51.0 Å². The van der Waals surface area contributed by atoms with Crippen LogP contribution in [0.4, 0.5) is 0 Å². The zero-order chi connectivity index (χ0) is 21.8. The quantitative estimate of drug-likeness (QED) is 0.250. The Balaban J connectivity index is 0.000000238. The molecule has 4 aromatic rings. The van der Waals surface area contributed by atoms with E-state index in [1.807, 2.05) is 11.3 Å². The molecule has 0 nitrogen and oxygen atoms in total. The van der Waals surface area contributed by atoms with Crippen molar-refractivity contribution in [1.29, 1.82) is 0 Å². The Hall–Kier alpha value is -0.830. The molecule has 3 heterocycles. The first kappa shape index (κ1) is 29.4. The van der Waals surface area contributed by atoms with E-state index < -0.39 is 8.07 Å². The molecule has 1 aliphatic carbocycles. The van der Waals surface area contributed by atoms with Gasteiger partial charge in [-0.25, -0.2) is 0 Å². The molecule has 0 saturated heterocycles. The molecule has 1 atom stereocenters. The molecular weight excluding hydrogens is 571 g/mol. The van der Waals surface area contributed by atoms with Gasteiger partial charge in [-0.3, -0.25) is 0 Å². The molecular formula is C29H31Cl2SSiZr. The topological polar surface area (TPSA) is 0 Å². The molecule has 1 aromatic heterocycles. The van der Waals surface area contributed by atoms with Crippen LogP contribution >= 0.6 is 11.3 Å². The summed E-state index contributed by atoms with van der Waals surface area (Å²) in [4.78, 5) is 1.63. The molecule has 3 aromatic carbocycles. The Labute approximate surface area is 241 Å². The van der Waals surface area contributed by atoms with Crippen molar-refractivity contribution in [3.63, 3.8) is 0 Å². The fourth-order valence-electron chi connectivity index (χ4n) is 5.88. The summed E-state index contributed by atoms with van der Waals surface area (Å²) in [5, 5.41) is 6.72. The van der Waals surface area contributed by atoms with E-state index in [9.17, 15) is 0 Å². The normalized spacial score (nSPS) is 16.3. The van der Waals surface area contributed by atoms with Gasteiger partial charge in [0.2, 0.25) is 0 Å². The Bertz CT molecular complexity index is 1300. The fraction of sp³-hybridized carbons (Fsp3) is 0.276. The molecule has 3 aliphatic rings. The maximum absolute atomic E-state index is 2.51. The van der Waals surface area contributed by atoms with E-state index in [1.54, 1.807) is 21.2 Å². The number of hydrogen-bond acceptors (Lipinski definition) is 1. The number of aryl methyl sites for hydroxylation is 2. The maximum Gasteiger partial charge on any atom is 3.00 e. The van der Waals surface area contributed by atoms with E-state index in [0.717, 1.165) is 5.54 Å². The Morgan fingerprint density at radius 1 is 0.971 bits per heavy atom. The SMILES string of the molecule is CC1=C2c3sccc3C1[Si]2(C)C.CCCc1ccc(-c2cccc3[cH-]c(C)cc23)cc1.[Cl-].[Cl-].[Zr+3]. The van der Waals surface area contributed by atoms with E-state index in [4.69, 9.17) is 0 Å². The van der Waals surface area contributed by atoms with Crippen molar-refractivity contribution in [2.45, 2.75) is 52.2 Å². The smallest absolute Gasteiger partial charge is 1.00 e. The van der Waals surface area contributed by atoms with Crippen LogP contribution in [0.15, 0.2) is 71.6 Å². The number of benzene rings is 2. The molecule has 2 bridgehead atoms. The van der Waals surface area contributed by atoms with Gasteiger partial charge in [-0.1, -0.05) is 74.8 Å². The monoisotopic (exact) mass is 599 g/mol. The molecule has 2 aliphatic heterocycles. The summed E-state index contributed by atoms with van der Waals surface area (Å²) in [7, 11) is -0.972. The molecule has 1 unspecified atom stereocenters. The minimum atomic E-state index is -0.972. The molecule has 1 radical (unpaired) electrons. The Morgan fingerprint density at radius 3 is 2.29 bits per heavy atom. The van der Waals surface area contributed by atoms with Gasteiger partial charge in [0.25, 0.3) is 0 Å². The van der Waals surface area contributed by atoms with Crippen LogP contribution in [0.5, 0.6) is 0 Å². The van der Waals surface area contributed by atoms with Gasteiger partial charge >= 0.3 is 26.2 Å². The minimum Gasteiger partial charge on any atom is -1.00 e. The third kappa shape index (κ3) is 4.89. The predicted octanol–water partition coefficient (Wildman–Crippen LogP) is 2.91. The van der Waals surface area contributed by atoms with Crippen molar-refractivity contribution in [2.75, 3.05) is 0 Å². The second-order valence-electron chi connectivity index (χ2n) is 9.71. The van der Waals surface area contributed by atoms with Crippen LogP contribution in [0.2, 0.25) is 13.1 Å². The molecule has 175 valence electrons.